The van der Waals surface area contributed by atoms with Gasteiger partial charge in [0.05, 0.1) is 51.5 Å². The average Bonchev–Trinajstić information content (AvgIpc) is 3.35. The van der Waals surface area contributed by atoms with Crippen LogP contribution in [0.5, 0.6) is 0 Å². The van der Waals surface area contributed by atoms with Crippen LogP contribution in [0.15, 0.2) is 0 Å². The Kier molecular flexibility index (Phi) is 20.2. The number of halogens is 1. The van der Waals surface area contributed by atoms with Gasteiger partial charge >= 0.3 is 0 Å². The Balaban J connectivity index is 1.22. The summed E-state index contributed by atoms with van der Waals surface area (Å²) in [5.74, 6) is 0. The van der Waals surface area contributed by atoms with Crippen LogP contribution in [0.2, 0.25) is 0 Å². The molecule has 0 aromatic rings. The summed E-state index contributed by atoms with van der Waals surface area (Å²) in [4.78, 5) is 0. The molecule has 0 aromatic heterocycles. The van der Waals surface area contributed by atoms with E-state index in [1.165, 1.54) is 0 Å². The Morgan fingerprint density at radius 3 is 0.800 bits per heavy atom. The van der Waals surface area contributed by atoms with E-state index in [9.17, 15) is 81.7 Å². The average molecular weight is 1050 g/mol. The number of aliphatic hydroxyl groups is 16. The second-order valence-corrected chi connectivity index (χ2v) is 17.9. The lowest BCUT2D eigenvalue weighted by Crippen LogP contribution is -2.69. The molecule has 22 fully saturated rings. The number of hydrogen-bond acceptors (Lipinski definition) is 30. The van der Waals surface area contributed by atoms with Crippen molar-refractivity contribution < 1.29 is 148 Å². The molecule has 0 aliphatic carbocycles. The summed E-state index contributed by atoms with van der Waals surface area (Å²) in [6, 6.07) is 0. The maximum absolute atomic E-state index is 11.7. The summed E-state index contributed by atoms with van der Waals surface area (Å²) in [5.41, 5.74) is 0. The van der Waals surface area contributed by atoms with Crippen molar-refractivity contribution in [3.63, 3.8) is 0 Å². The molecule has 0 spiro atoms. The largest absolute Gasteiger partial charge is 0.394 e. The van der Waals surface area contributed by atoms with Crippen LogP contribution >= 0.6 is 11.9 Å². The quantitative estimate of drug-likeness (QED) is 0.0966. The van der Waals surface area contributed by atoms with E-state index in [2.05, 4.69) is 0 Å². The van der Waals surface area contributed by atoms with Gasteiger partial charge in [0.15, 0.2) is 37.7 Å². The molecule has 408 valence electrons. The lowest BCUT2D eigenvalue weighted by Gasteiger charge is -2.51. The fraction of sp³-hybridized carbons (Fsp3) is 1.00. The molecule has 0 radical (unpaired) electrons. The van der Waals surface area contributed by atoms with Gasteiger partial charge in [0.2, 0.25) is 0 Å². The van der Waals surface area contributed by atoms with Gasteiger partial charge in [-0.2, -0.15) is 0 Å². The minimum absolute atomic E-state index is 0.0568. The van der Waals surface area contributed by atoms with Gasteiger partial charge in [-0.15, -0.1) is 0 Å². The van der Waals surface area contributed by atoms with E-state index >= 15 is 0 Å². The SMILES string of the molecule is CCCO[C@@H]1[C@@H](O)[C@H]2O[C@H]3[C@H](O)[C@@H](O)[C@@H](O[C@H]4[C@H](O)[C@@H](O)[C@@H](O[C@H]5[C@H](O)[C@@H](O)[C@@H](O[C@H]6[C@H](O)[C@@H](O)[C@@H](O[C@@H]7[C@H](OCl)[C@@H](O)[C@@H](O[C@H]1[C@@H](CO)O2)O[C@@H]7CO)O[C@@H]6CO)O[C@@H]5CO)O[C@@H]4CO)O[C@@H]3CO. The molecular formula is C39H65ClO30. The maximum atomic E-state index is 11.7. The van der Waals surface area contributed by atoms with Crippen molar-refractivity contribution in [1.82, 2.24) is 0 Å². The molecule has 31 heteroatoms. The highest BCUT2D eigenvalue weighted by molar-refractivity contribution is 6.07. The van der Waals surface area contributed by atoms with Gasteiger partial charge < -0.3 is 143 Å². The standard InChI is InChI=1S/C39H65ClO30/c1-2-3-57-32-24(55)38-62-14(8-45)30(32)68-39-25(56)33(70-40)31(15(9-46)63-39)69-37-23(54)19(50)28(12(6-43)61-37)66-35-21(52)17(48)26(10(4-41)59-35)64-34-20(51)16(47)27(11(5-42)58-34)65-36-22(53)18(49)29(67-38)13(7-44)60-36/h10-39,41-56H,2-9H2,1H3/t10-,11-,12-,13-,14-,15-,16-,17-,18-,19-,20-,21-,22-,23-,24-,25-,26-,27-,28-,29-,30+,31+,32-,33-,34-,35-,36-,37-,38-,39-/m1/s1. The molecular weight excluding hydrogens is 984 g/mol. The third-order valence-corrected chi connectivity index (χ3v) is 13.4. The van der Waals surface area contributed by atoms with E-state index in [1.807, 2.05) is 0 Å². The molecule has 0 aromatic carbocycles. The summed E-state index contributed by atoms with van der Waals surface area (Å²) in [6.07, 6.45) is -55.5. The van der Waals surface area contributed by atoms with Crippen LogP contribution in [0.1, 0.15) is 13.3 Å². The first-order valence-electron chi connectivity index (χ1n) is 22.7. The van der Waals surface area contributed by atoms with Crippen molar-refractivity contribution in [1.29, 1.82) is 0 Å². The van der Waals surface area contributed by atoms with Crippen LogP contribution in [0.25, 0.3) is 0 Å². The Morgan fingerprint density at radius 2 is 0.543 bits per heavy atom. The molecule has 22 saturated heterocycles. The number of aliphatic hydroxyl groups excluding tert-OH is 16. The lowest BCUT2D eigenvalue weighted by atomic mass is 9.94. The molecule has 70 heavy (non-hydrogen) atoms. The molecule has 30 atom stereocenters. The number of rotatable bonds is 10. The fourth-order valence-electron chi connectivity index (χ4n) is 9.44. The lowest BCUT2D eigenvalue weighted by molar-refractivity contribution is -0.404. The van der Waals surface area contributed by atoms with Gasteiger partial charge in [-0.05, 0) is 6.42 Å². The number of ether oxygens (including phenoxy) is 13. The van der Waals surface area contributed by atoms with E-state index in [-0.39, 0.29) is 6.61 Å². The summed E-state index contributed by atoms with van der Waals surface area (Å²) in [5, 5.41) is 176. The predicted octanol–water partition coefficient (Wildman–Crippen LogP) is -10.4. The van der Waals surface area contributed by atoms with Crippen LogP contribution in [0.4, 0.5) is 0 Å². The molecule has 0 amide bonds. The Morgan fingerprint density at radius 1 is 0.314 bits per heavy atom. The van der Waals surface area contributed by atoms with Crippen molar-refractivity contribution in [3.05, 3.63) is 0 Å². The topological polar surface area (TPSA) is 453 Å². The molecule has 22 rings (SSSR count). The first-order chi connectivity index (χ1) is 33.5. The van der Waals surface area contributed by atoms with Gasteiger partial charge in [-0.25, -0.2) is 0 Å². The van der Waals surface area contributed by atoms with Gasteiger partial charge in [-0.1, -0.05) is 6.92 Å². The van der Waals surface area contributed by atoms with Crippen LogP contribution in [-0.2, 0) is 65.9 Å². The highest BCUT2D eigenvalue weighted by Crippen LogP contribution is 2.39. The Hall–Kier alpha value is -0.910. The third kappa shape index (κ3) is 11.3. The normalized spacial score (nSPS) is 52.9. The summed E-state index contributed by atoms with van der Waals surface area (Å²) in [7, 11) is 0. The van der Waals surface area contributed by atoms with Gasteiger partial charge in [0.25, 0.3) is 0 Å². The molecule has 30 nitrogen and oxygen atoms in total. The van der Waals surface area contributed by atoms with Crippen molar-refractivity contribution in [2.24, 2.45) is 0 Å². The molecule has 22 heterocycles. The second-order valence-electron chi connectivity index (χ2n) is 17.8. The molecule has 12 bridgehead atoms. The van der Waals surface area contributed by atoms with Crippen molar-refractivity contribution in [3.8, 4) is 0 Å². The maximum Gasteiger partial charge on any atom is 0.187 e. The monoisotopic (exact) mass is 1050 g/mol. The molecule has 0 saturated carbocycles. The predicted molar refractivity (Wildman–Crippen MR) is 215 cm³/mol. The zero-order valence-electron chi connectivity index (χ0n) is 37.2. The van der Waals surface area contributed by atoms with Crippen LogP contribution < -0.4 is 0 Å². The molecule has 16 N–H and O–H groups in total. The smallest absolute Gasteiger partial charge is 0.187 e. The third-order valence-electron chi connectivity index (χ3n) is 13.2. The molecule has 0 unspecified atom stereocenters. The van der Waals surface area contributed by atoms with E-state index in [4.69, 9.17) is 77.7 Å². The minimum Gasteiger partial charge on any atom is -0.394 e. The van der Waals surface area contributed by atoms with Crippen molar-refractivity contribution in [2.75, 3.05) is 46.2 Å². The second kappa shape index (κ2) is 24.8. The summed E-state index contributed by atoms with van der Waals surface area (Å²) in [6.45, 7) is -4.09. The Bertz CT molecular complexity index is 1590. The summed E-state index contributed by atoms with van der Waals surface area (Å²) >= 11 is 5.87. The van der Waals surface area contributed by atoms with E-state index in [0.717, 1.165) is 0 Å². The van der Waals surface area contributed by atoms with Gasteiger partial charge in [-0.3, -0.25) is 4.29 Å². The van der Waals surface area contributed by atoms with E-state index in [1.54, 1.807) is 6.92 Å². The molecule has 22 aliphatic rings. The van der Waals surface area contributed by atoms with E-state index in [0.29, 0.717) is 6.42 Å². The number of hydrogen-bond donors (Lipinski definition) is 16. The minimum atomic E-state index is -2.14. The van der Waals surface area contributed by atoms with E-state index < -0.39 is 224 Å². The summed E-state index contributed by atoms with van der Waals surface area (Å²) < 4.78 is 80.7. The first kappa shape index (κ1) is 56.8. The van der Waals surface area contributed by atoms with Crippen LogP contribution in [0, 0.1) is 0 Å². The highest BCUT2D eigenvalue weighted by Gasteiger charge is 2.59. The first-order valence-corrected chi connectivity index (χ1v) is 23.0. The van der Waals surface area contributed by atoms with Crippen molar-refractivity contribution in [2.45, 2.75) is 198 Å². The van der Waals surface area contributed by atoms with Crippen LogP contribution in [-0.4, -0.2) is 312 Å². The zero-order chi connectivity index (χ0) is 50.9. The van der Waals surface area contributed by atoms with Gasteiger partial charge in [0, 0.05) is 6.61 Å². The highest BCUT2D eigenvalue weighted by atomic mass is 35.5. The van der Waals surface area contributed by atoms with Crippen LogP contribution in [0.3, 0.4) is 0 Å². The van der Waals surface area contributed by atoms with Crippen molar-refractivity contribution >= 4 is 11.9 Å². The fourth-order valence-corrected chi connectivity index (χ4v) is 9.65. The van der Waals surface area contributed by atoms with Gasteiger partial charge in [0.1, 0.15) is 146 Å². The Labute approximate surface area is 402 Å². The zero-order valence-corrected chi connectivity index (χ0v) is 38.0. The molecule has 22 aliphatic heterocycles.